The molecule has 0 saturated heterocycles. The number of aromatic amines is 1. The Morgan fingerprint density at radius 3 is 2.28 bits per heavy atom. The van der Waals surface area contributed by atoms with Crippen molar-refractivity contribution in [2.75, 3.05) is 10.8 Å². The number of aromatic nitrogens is 1. The van der Waals surface area contributed by atoms with Gasteiger partial charge in [-0.2, -0.15) is 0 Å². The Balaban J connectivity index is 1.91. The quantitative estimate of drug-likeness (QED) is 0.453. The Morgan fingerprint density at radius 2 is 1.59 bits per heavy atom. The van der Waals surface area contributed by atoms with Crippen molar-refractivity contribution in [1.82, 2.24) is 4.98 Å². The van der Waals surface area contributed by atoms with Gasteiger partial charge in [-0.05, 0) is 42.5 Å². The average Bonchev–Trinajstić information content (AvgIpc) is 3.03. The van der Waals surface area contributed by atoms with Crippen molar-refractivity contribution in [3.8, 4) is 0 Å². The van der Waals surface area contributed by atoms with Gasteiger partial charge in [0.15, 0.2) is 0 Å². The average molecular weight is 449 g/mol. The molecule has 0 radical (unpaired) electrons. The second kappa shape index (κ2) is 7.26. The summed E-state index contributed by atoms with van der Waals surface area (Å²) < 4.78 is 27.3. The molecular weight excluding hydrogens is 435 g/mol. The summed E-state index contributed by atoms with van der Waals surface area (Å²) in [5, 5.41) is 11.3. The summed E-state index contributed by atoms with van der Waals surface area (Å²) >= 11 is 11.9. The maximum absolute atomic E-state index is 13.2. The van der Waals surface area contributed by atoms with Crippen molar-refractivity contribution in [2.24, 2.45) is 0 Å². The number of anilines is 1. The molecule has 0 aliphatic carbocycles. The number of hydrogen-bond donors (Lipinski definition) is 2. The number of H-pyrrole nitrogens is 1. The smallest absolute Gasteiger partial charge is 0.324 e. The van der Waals surface area contributed by atoms with E-state index in [1.54, 1.807) is 18.2 Å². The molecule has 148 valence electrons. The molecule has 0 amide bonds. The van der Waals surface area contributed by atoms with Gasteiger partial charge in [-0.25, -0.2) is 8.42 Å². The van der Waals surface area contributed by atoms with E-state index < -0.39 is 22.5 Å². The molecule has 3 aromatic carbocycles. The van der Waals surface area contributed by atoms with Crippen molar-refractivity contribution >= 4 is 66.7 Å². The molecule has 0 unspecified atom stereocenters. The summed E-state index contributed by atoms with van der Waals surface area (Å²) in [7, 11) is -4.23. The first-order valence-electron chi connectivity index (χ1n) is 8.47. The van der Waals surface area contributed by atoms with Crippen LogP contribution in [0.15, 0.2) is 65.6 Å². The molecule has 4 aromatic rings. The third-order valence-electron chi connectivity index (χ3n) is 4.48. The molecule has 0 fully saturated rings. The number of hydrogen-bond acceptors (Lipinski definition) is 3. The van der Waals surface area contributed by atoms with Crippen LogP contribution in [0.4, 0.5) is 5.69 Å². The number of nitrogens with zero attached hydrogens (tertiary/aromatic N) is 1. The minimum atomic E-state index is -4.23. The number of halogens is 2. The van der Waals surface area contributed by atoms with Crippen molar-refractivity contribution < 1.29 is 18.3 Å². The Hall–Kier alpha value is -2.74. The normalized spacial score (nSPS) is 11.8. The second-order valence-corrected chi connectivity index (χ2v) is 9.15. The molecule has 0 bridgehead atoms. The molecule has 29 heavy (non-hydrogen) atoms. The van der Waals surface area contributed by atoms with Crippen LogP contribution in [-0.4, -0.2) is 31.0 Å². The molecule has 0 saturated carbocycles. The van der Waals surface area contributed by atoms with Gasteiger partial charge in [0.25, 0.3) is 10.0 Å². The largest absolute Gasteiger partial charge is 0.480 e. The molecule has 4 rings (SSSR count). The number of benzene rings is 3. The van der Waals surface area contributed by atoms with Crippen LogP contribution in [0.5, 0.6) is 0 Å². The summed E-state index contributed by atoms with van der Waals surface area (Å²) in [5.74, 6) is -1.29. The third kappa shape index (κ3) is 3.64. The van der Waals surface area contributed by atoms with E-state index in [0.717, 1.165) is 26.1 Å². The Morgan fingerprint density at radius 1 is 0.931 bits per heavy atom. The molecule has 0 aliphatic rings. The highest BCUT2D eigenvalue weighted by Crippen LogP contribution is 2.32. The fourth-order valence-corrected chi connectivity index (χ4v) is 5.37. The number of rotatable bonds is 5. The highest BCUT2D eigenvalue weighted by Gasteiger charge is 2.28. The number of nitrogens with one attached hydrogen (secondary N) is 1. The van der Waals surface area contributed by atoms with Gasteiger partial charge in [0.2, 0.25) is 0 Å². The van der Waals surface area contributed by atoms with Crippen LogP contribution in [0.1, 0.15) is 0 Å². The van der Waals surface area contributed by atoms with E-state index in [0.29, 0.717) is 0 Å². The highest BCUT2D eigenvalue weighted by molar-refractivity contribution is 7.92. The van der Waals surface area contributed by atoms with Crippen molar-refractivity contribution in [1.29, 1.82) is 0 Å². The van der Waals surface area contributed by atoms with Crippen LogP contribution in [0.2, 0.25) is 10.0 Å². The number of carboxylic acids is 1. The number of sulfonamides is 1. The minimum absolute atomic E-state index is 0.137. The highest BCUT2D eigenvalue weighted by atomic mass is 35.5. The number of para-hydroxylation sites is 1. The summed E-state index contributed by atoms with van der Waals surface area (Å²) in [6.45, 7) is -0.750. The Labute approximate surface area is 176 Å². The number of carboxylic acid groups (broad SMARTS) is 1. The van der Waals surface area contributed by atoms with Gasteiger partial charge in [-0.15, -0.1) is 0 Å². The predicted molar refractivity (Wildman–Crippen MR) is 114 cm³/mol. The molecular formula is C20H14Cl2N2O4S. The lowest BCUT2D eigenvalue weighted by Gasteiger charge is -2.23. The van der Waals surface area contributed by atoms with E-state index in [1.807, 2.05) is 24.3 Å². The summed E-state index contributed by atoms with van der Waals surface area (Å²) in [4.78, 5) is 14.5. The molecule has 0 spiro atoms. The fourth-order valence-electron chi connectivity index (χ4n) is 3.23. The first kappa shape index (κ1) is 19.6. The van der Waals surface area contributed by atoms with E-state index in [4.69, 9.17) is 23.2 Å². The Bertz CT molecular complexity index is 1350. The lowest BCUT2D eigenvalue weighted by atomic mass is 10.1. The second-order valence-electron chi connectivity index (χ2n) is 6.41. The van der Waals surface area contributed by atoms with Gasteiger partial charge in [0.05, 0.1) is 10.6 Å². The number of carbonyl (C=O) groups is 1. The molecule has 0 aliphatic heterocycles. The van der Waals surface area contributed by atoms with Crippen molar-refractivity contribution in [3.63, 3.8) is 0 Å². The fraction of sp³-hybridized carbons (Fsp3) is 0.0500. The van der Waals surface area contributed by atoms with E-state index in [1.165, 1.54) is 18.2 Å². The molecule has 6 nitrogen and oxygen atoms in total. The summed E-state index contributed by atoms with van der Waals surface area (Å²) in [6, 6.07) is 16.4. The lowest BCUT2D eigenvalue weighted by Crippen LogP contribution is -2.35. The minimum Gasteiger partial charge on any atom is -0.480 e. The SMILES string of the molecule is O=C(O)CN(c1ccc2[nH]c3ccccc3c2c1)S(=O)(=O)c1cc(Cl)cc(Cl)c1. The molecule has 9 heteroatoms. The molecule has 1 aromatic heterocycles. The zero-order valence-corrected chi connectivity index (χ0v) is 17.1. The maximum atomic E-state index is 13.2. The van der Waals surface area contributed by atoms with E-state index in [2.05, 4.69) is 4.98 Å². The van der Waals surface area contributed by atoms with Crippen LogP contribution in [0.3, 0.4) is 0 Å². The van der Waals surface area contributed by atoms with E-state index >= 15 is 0 Å². The van der Waals surface area contributed by atoms with Gasteiger partial charge < -0.3 is 10.1 Å². The topological polar surface area (TPSA) is 90.5 Å². The van der Waals surface area contributed by atoms with Crippen LogP contribution >= 0.6 is 23.2 Å². The monoisotopic (exact) mass is 448 g/mol. The van der Waals surface area contributed by atoms with E-state index in [-0.39, 0.29) is 20.6 Å². The predicted octanol–water partition coefficient (Wildman–Crippen LogP) is 4.91. The van der Waals surface area contributed by atoms with Gasteiger partial charge in [0, 0.05) is 31.9 Å². The first-order chi connectivity index (χ1) is 13.8. The molecule has 0 atom stereocenters. The Kier molecular flexibility index (Phi) is 4.90. The number of aliphatic carboxylic acids is 1. The standard InChI is InChI=1S/C20H14Cl2N2O4S/c21-12-7-13(22)9-15(8-12)29(27,28)24(11-20(25)26)14-5-6-19-17(10-14)16-3-1-2-4-18(16)23-19/h1-10,23H,11H2,(H,25,26). The van der Waals surface area contributed by atoms with Gasteiger partial charge in [-0.1, -0.05) is 41.4 Å². The van der Waals surface area contributed by atoms with E-state index in [9.17, 15) is 18.3 Å². The summed E-state index contributed by atoms with van der Waals surface area (Å²) in [5.41, 5.74) is 1.93. The van der Waals surface area contributed by atoms with Gasteiger partial charge in [0.1, 0.15) is 6.54 Å². The van der Waals surface area contributed by atoms with Crippen molar-refractivity contribution in [3.05, 3.63) is 70.7 Å². The van der Waals surface area contributed by atoms with Crippen LogP contribution in [-0.2, 0) is 14.8 Å². The van der Waals surface area contributed by atoms with Crippen molar-refractivity contribution in [2.45, 2.75) is 4.90 Å². The zero-order chi connectivity index (χ0) is 20.8. The molecule has 1 heterocycles. The van der Waals surface area contributed by atoms with Crippen LogP contribution < -0.4 is 4.31 Å². The zero-order valence-electron chi connectivity index (χ0n) is 14.8. The van der Waals surface area contributed by atoms with Crippen LogP contribution in [0.25, 0.3) is 21.8 Å². The lowest BCUT2D eigenvalue weighted by molar-refractivity contribution is -0.135. The maximum Gasteiger partial charge on any atom is 0.324 e. The van der Waals surface area contributed by atoms with Gasteiger partial charge in [-0.3, -0.25) is 9.10 Å². The molecule has 2 N–H and O–H groups in total. The third-order valence-corrected chi connectivity index (χ3v) is 6.67. The van der Waals surface area contributed by atoms with Gasteiger partial charge >= 0.3 is 5.97 Å². The van der Waals surface area contributed by atoms with Crippen LogP contribution in [0, 0.1) is 0 Å². The first-order valence-corrected chi connectivity index (χ1v) is 10.7. The summed E-state index contributed by atoms with van der Waals surface area (Å²) in [6.07, 6.45) is 0. The number of fused-ring (bicyclic) bond motifs is 3.